The van der Waals surface area contributed by atoms with E-state index >= 15 is 0 Å². The normalized spacial score (nSPS) is 39.9. The number of hydrogen-bond donors (Lipinski definition) is 1. The highest BCUT2D eigenvalue weighted by atomic mass is 16.5. The van der Waals surface area contributed by atoms with E-state index in [1.807, 2.05) is 0 Å². The van der Waals surface area contributed by atoms with Crippen LogP contribution in [0.3, 0.4) is 0 Å². The van der Waals surface area contributed by atoms with E-state index in [4.69, 9.17) is 18.4 Å². The predicted molar refractivity (Wildman–Crippen MR) is 82.3 cm³/mol. The molecule has 0 bridgehead atoms. The number of rotatable bonds is 5. The van der Waals surface area contributed by atoms with E-state index < -0.39 is 43.4 Å². The average molecular weight is 287 g/mol. The van der Waals surface area contributed by atoms with Crippen molar-refractivity contribution in [2.24, 2.45) is 0 Å². The molecule has 2 rings (SSSR count). The third-order valence-corrected chi connectivity index (χ3v) is 3.20. The van der Waals surface area contributed by atoms with Gasteiger partial charge in [-0.2, -0.15) is 0 Å². The molecule has 1 atom stereocenters. The Morgan fingerprint density at radius 1 is 1.25 bits per heavy atom. The van der Waals surface area contributed by atoms with Gasteiger partial charge in [-0.25, -0.2) is 0 Å². The zero-order valence-corrected chi connectivity index (χ0v) is 11.9. The van der Waals surface area contributed by atoms with Crippen molar-refractivity contribution >= 4 is 0 Å². The van der Waals surface area contributed by atoms with Gasteiger partial charge in [0.1, 0.15) is 5.75 Å². The van der Waals surface area contributed by atoms with Gasteiger partial charge in [0, 0.05) is 26.2 Å². The summed E-state index contributed by atoms with van der Waals surface area (Å²) in [6, 6.07) is 5.95. The lowest BCUT2D eigenvalue weighted by molar-refractivity contribution is -0.0277. The number of nitrogens with zero attached hydrogens (tertiary/aromatic N) is 1. The molecule has 0 aliphatic heterocycles. The molecule has 1 aliphatic rings. The summed E-state index contributed by atoms with van der Waals surface area (Å²) in [6.07, 6.45) is -17.7. The van der Waals surface area contributed by atoms with Gasteiger partial charge in [-0.1, -0.05) is 31.3 Å². The summed E-state index contributed by atoms with van der Waals surface area (Å²) in [5.41, 5.74) is -3.04. The Morgan fingerprint density at radius 3 is 2.35 bits per heavy atom. The van der Waals surface area contributed by atoms with Gasteiger partial charge in [0.2, 0.25) is 0 Å². The molecular weight excluding hydrogens is 250 g/mol. The largest absolute Gasteiger partial charge is 0.497 e. The first-order valence-electron chi connectivity index (χ1n) is 11.4. The van der Waals surface area contributed by atoms with Crippen molar-refractivity contribution in [1.82, 2.24) is 4.90 Å². The van der Waals surface area contributed by atoms with Crippen LogP contribution in [0.25, 0.3) is 0 Å². The highest BCUT2D eigenvalue weighted by Gasteiger charge is 2.38. The molecule has 20 heavy (non-hydrogen) atoms. The van der Waals surface area contributed by atoms with E-state index in [1.165, 1.54) is 36.3 Å². The number of ether oxygens (including phenoxy) is 1. The van der Waals surface area contributed by atoms with Gasteiger partial charge in [-0.3, -0.25) is 0 Å². The summed E-state index contributed by atoms with van der Waals surface area (Å²) in [5, 5.41) is 11.7. The fraction of sp³-hybridized carbons (Fsp3) is 0.647. The lowest BCUT2D eigenvalue weighted by Gasteiger charge is -2.40. The van der Waals surface area contributed by atoms with Crippen molar-refractivity contribution in [3.8, 4) is 5.75 Å². The summed E-state index contributed by atoms with van der Waals surface area (Å²) in [6.45, 7) is -0.156. The predicted octanol–water partition coefficient (Wildman–Crippen LogP) is 3.04. The molecule has 0 saturated heterocycles. The zero-order valence-electron chi connectivity index (χ0n) is 21.9. The molecule has 1 unspecified atom stereocenters. The van der Waals surface area contributed by atoms with Crippen molar-refractivity contribution < 1.29 is 23.6 Å². The minimum atomic E-state index is -3.57. The monoisotopic (exact) mass is 287 g/mol. The molecule has 1 N–H and O–H groups in total. The summed E-state index contributed by atoms with van der Waals surface area (Å²) < 4.78 is 87.3. The number of benzene rings is 1. The van der Waals surface area contributed by atoms with Crippen LogP contribution in [0.1, 0.15) is 57.1 Å². The molecule has 0 spiro atoms. The van der Waals surface area contributed by atoms with Crippen molar-refractivity contribution in [2.75, 3.05) is 27.7 Å². The smallest absolute Gasteiger partial charge is 0.118 e. The average Bonchev–Trinajstić information content (AvgIpc) is 2.63. The van der Waals surface area contributed by atoms with Crippen LogP contribution >= 0.6 is 0 Å². The van der Waals surface area contributed by atoms with Crippen LogP contribution < -0.4 is 4.74 Å². The molecule has 0 radical (unpaired) electrons. The van der Waals surface area contributed by atoms with Crippen LogP contribution in [0.5, 0.6) is 5.75 Å². The van der Waals surface area contributed by atoms with Crippen LogP contribution in [-0.2, 0) is 0 Å². The van der Waals surface area contributed by atoms with E-state index in [1.54, 1.807) is 14.1 Å². The molecule has 112 valence electrons. The fourth-order valence-corrected chi connectivity index (χ4v) is 2.17. The second-order valence-corrected chi connectivity index (χ2v) is 4.98. The summed E-state index contributed by atoms with van der Waals surface area (Å²) >= 11 is 0. The van der Waals surface area contributed by atoms with E-state index in [-0.39, 0.29) is 12.1 Å². The summed E-state index contributed by atoms with van der Waals surface area (Å²) in [5.74, 6) is -0.990. The van der Waals surface area contributed by atoms with E-state index in [0.717, 1.165) is 0 Å². The Morgan fingerprint density at radius 2 is 1.85 bits per heavy atom. The highest BCUT2D eigenvalue weighted by Crippen LogP contribution is 2.40. The molecule has 1 saturated carbocycles. The van der Waals surface area contributed by atoms with Crippen LogP contribution in [-0.4, -0.2) is 43.4 Å². The van der Waals surface area contributed by atoms with Crippen LogP contribution in [0.4, 0.5) is 0 Å². The van der Waals surface area contributed by atoms with Crippen molar-refractivity contribution in [3.05, 3.63) is 29.8 Å². The molecule has 1 aromatic carbocycles. The van der Waals surface area contributed by atoms with Gasteiger partial charge < -0.3 is 14.7 Å². The van der Waals surface area contributed by atoms with Gasteiger partial charge >= 0.3 is 0 Å². The second kappa shape index (κ2) is 6.59. The Labute approximate surface area is 136 Å². The molecular formula is C17H27NO2. The number of likely N-dealkylation sites (N-methyl/N-ethyl adjacent to an activating group) is 1. The third-order valence-electron chi connectivity index (χ3n) is 3.20. The Bertz CT molecular complexity index is 749. The van der Waals surface area contributed by atoms with Crippen molar-refractivity contribution in [3.63, 3.8) is 0 Å². The van der Waals surface area contributed by atoms with Gasteiger partial charge in [-0.15, -0.1) is 0 Å². The maximum atomic E-state index is 11.7. The van der Waals surface area contributed by atoms with Gasteiger partial charge in [0.25, 0.3) is 0 Å². The first-order chi connectivity index (χ1) is 13.3. The molecule has 0 aromatic heterocycles. The van der Waals surface area contributed by atoms with Gasteiger partial charge in [0.15, 0.2) is 0 Å². The van der Waals surface area contributed by atoms with E-state index in [0.29, 0.717) is 5.75 Å². The lowest BCUT2D eigenvalue weighted by atomic mass is 9.72. The molecule has 1 aliphatic carbocycles. The maximum absolute atomic E-state index is 11.7. The van der Waals surface area contributed by atoms with Crippen molar-refractivity contribution in [1.29, 1.82) is 0 Å². The quantitative estimate of drug-likeness (QED) is 0.903. The lowest BCUT2D eigenvalue weighted by Crippen LogP contribution is -2.42. The minimum Gasteiger partial charge on any atom is -0.497 e. The first kappa shape index (κ1) is 6.80. The summed E-state index contributed by atoms with van der Waals surface area (Å²) in [7, 11) is 4.62. The van der Waals surface area contributed by atoms with Gasteiger partial charge in [0.05, 0.1) is 12.7 Å². The minimum absolute atomic E-state index is 0.156. The van der Waals surface area contributed by atoms with Crippen LogP contribution in [0.2, 0.25) is 0 Å². The number of aliphatic hydroxyl groups is 1. The van der Waals surface area contributed by atoms with Crippen LogP contribution in [0, 0.1) is 0 Å². The molecule has 3 nitrogen and oxygen atoms in total. The van der Waals surface area contributed by atoms with E-state index in [9.17, 15) is 5.11 Å². The first-order valence-corrected chi connectivity index (χ1v) is 6.35. The van der Waals surface area contributed by atoms with E-state index in [2.05, 4.69) is 0 Å². The van der Waals surface area contributed by atoms with Gasteiger partial charge in [-0.05, 0) is 44.5 Å². The topological polar surface area (TPSA) is 32.7 Å². The second-order valence-electron chi connectivity index (χ2n) is 4.98. The number of methoxy groups -OCH3 is 1. The number of hydrogen-bond acceptors (Lipinski definition) is 3. The fourth-order valence-electron chi connectivity index (χ4n) is 2.17. The molecule has 0 amide bonds. The SMILES string of the molecule is [2H]C1([2H])C([2H])([2H])C([2H])([2H])C(O)(C(CN(C)C)c2ccc(OC)cc2)C([2H])([2H])C1([2H])[2H]. The zero-order chi connectivity index (χ0) is 23.6. The molecule has 1 aromatic rings. The Balaban J connectivity index is 2.87. The molecule has 3 heteroatoms. The third kappa shape index (κ3) is 3.53. The standard InChI is InChI=1S/C17H27NO2/c1-18(2)13-16(17(19)11-5-4-6-12-17)14-7-9-15(20-3)10-8-14/h7-10,16,19H,4-6,11-13H2,1-3H3/i4D2,5D2,6D2,11D2,12D2. The van der Waals surface area contributed by atoms with Crippen molar-refractivity contribution in [2.45, 2.75) is 43.4 Å². The maximum Gasteiger partial charge on any atom is 0.118 e. The molecule has 0 heterocycles. The highest BCUT2D eigenvalue weighted by molar-refractivity contribution is 5.31. The molecule has 1 fully saturated rings. The Kier molecular flexibility index (Phi) is 2.24. The Hall–Kier alpha value is -1.06. The summed E-state index contributed by atoms with van der Waals surface area (Å²) in [4.78, 5) is 1.54. The van der Waals surface area contributed by atoms with Crippen LogP contribution in [0.15, 0.2) is 24.3 Å².